The minimum absolute atomic E-state index is 0.0397. The number of amides is 1. The van der Waals surface area contributed by atoms with Gasteiger partial charge in [0.2, 0.25) is 0 Å². The number of carbonyl (C=O) groups is 1. The van der Waals surface area contributed by atoms with Crippen molar-refractivity contribution in [3.05, 3.63) is 28.8 Å². The van der Waals surface area contributed by atoms with Crippen molar-refractivity contribution in [3.8, 4) is 5.75 Å². The molecule has 1 amide bonds. The van der Waals surface area contributed by atoms with Crippen LogP contribution in [0.15, 0.2) is 18.2 Å². The Morgan fingerprint density at radius 2 is 2.30 bits per heavy atom. The second-order valence-electron chi connectivity index (χ2n) is 5.61. The maximum Gasteiger partial charge on any atom is 0.255 e. The number of phenols is 1. The maximum absolute atomic E-state index is 12.0. The van der Waals surface area contributed by atoms with Gasteiger partial charge in [0.05, 0.1) is 5.56 Å². The first-order valence-corrected chi connectivity index (χ1v) is 7.36. The van der Waals surface area contributed by atoms with E-state index < -0.39 is 0 Å². The molecule has 20 heavy (non-hydrogen) atoms. The van der Waals surface area contributed by atoms with Crippen LogP contribution in [0.2, 0.25) is 5.02 Å². The van der Waals surface area contributed by atoms with Gasteiger partial charge in [-0.25, -0.2) is 0 Å². The molecule has 1 fully saturated rings. The molecular formula is C15H21ClN2O2. The van der Waals surface area contributed by atoms with Crippen LogP contribution in [0.4, 0.5) is 0 Å². The smallest absolute Gasteiger partial charge is 0.255 e. The summed E-state index contributed by atoms with van der Waals surface area (Å²) in [6.07, 6.45) is 1.10. The molecule has 0 saturated carbocycles. The van der Waals surface area contributed by atoms with Gasteiger partial charge in [0, 0.05) is 24.2 Å². The summed E-state index contributed by atoms with van der Waals surface area (Å²) in [5.41, 5.74) is 0.233. The van der Waals surface area contributed by atoms with Gasteiger partial charge in [0.25, 0.3) is 5.91 Å². The molecule has 1 heterocycles. The van der Waals surface area contributed by atoms with Crippen LogP contribution in [-0.2, 0) is 0 Å². The van der Waals surface area contributed by atoms with Crippen molar-refractivity contribution < 1.29 is 9.90 Å². The first-order chi connectivity index (χ1) is 9.47. The van der Waals surface area contributed by atoms with E-state index in [1.807, 2.05) is 0 Å². The van der Waals surface area contributed by atoms with Gasteiger partial charge in [-0.1, -0.05) is 11.6 Å². The zero-order chi connectivity index (χ0) is 14.7. The van der Waals surface area contributed by atoms with E-state index in [0.29, 0.717) is 23.5 Å². The molecule has 0 radical (unpaired) electrons. The standard InChI is InChI=1S/C15H21ClN2O2/c1-10(2)18-6-5-11(9-18)8-17-15(20)13-7-12(16)3-4-14(13)19/h3-4,7,10-11,19H,5-6,8-9H2,1-2H3,(H,17,20). The average molecular weight is 297 g/mol. The quantitative estimate of drug-likeness (QED) is 0.897. The molecule has 1 aromatic rings. The third kappa shape index (κ3) is 3.64. The van der Waals surface area contributed by atoms with Gasteiger partial charge >= 0.3 is 0 Å². The SMILES string of the molecule is CC(C)N1CCC(CNC(=O)c2cc(Cl)ccc2O)C1. The Labute approximate surface area is 124 Å². The van der Waals surface area contributed by atoms with E-state index in [2.05, 4.69) is 24.1 Å². The van der Waals surface area contributed by atoms with Gasteiger partial charge in [0.1, 0.15) is 5.75 Å². The predicted octanol–water partition coefficient (Wildman–Crippen LogP) is 2.51. The lowest BCUT2D eigenvalue weighted by atomic mass is 10.1. The van der Waals surface area contributed by atoms with Crippen LogP contribution in [0.1, 0.15) is 30.6 Å². The highest BCUT2D eigenvalue weighted by Gasteiger charge is 2.24. The molecule has 1 saturated heterocycles. The molecule has 0 bridgehead atoms. The van der Waals surface area contributed by atoms with E-state index >= 15 is 0 Å². The number of carbonyl (C=O) groups excluding carboxylic acids is 1. The number of rotatable bonds is 4. The Bertz CT molecular complexity index is 491. The lowest BCUT2D eigenvalue weighted by Gasteiger charge is -2.20. The molecule has 0 spiro atoms. The zero-order valence-electron chi connectivity index (χ0n) is 11.9. The van der Waals surface area contributed by atoms with Crippen LogP contribution in [-0.4, -0.2) is 41.6 Å². The normalized spacial score (nSPS) is 19.5. The van der Waals surface area contributed by atoms with Crippen molar-refractivity contribution in [1.82, 2.24) is 10.2 Å². The number of aromatic hydroxyl groups is 1. The highest BCUT2D eigenvalue weighted by Crippen LogP contribution is 2.22. The number of phenolic OH excluding ortho intramolecular Hbond substituents is 1. The third-order valence-corrected chi connectivity index (χ3v) is 4.04. The van der Waals surface area contributed by atoms with Crippen LogP contribution in [0, 0.1) is 5.92 Å². The van der Waals surface area contributed by atoms with Crippen molar-refractivity contribution in [1.29, 1.82) is 0 Å². The molecule has 0 aliphatic carbocycles. The van der Waals surface area contributed by atoms with Gasteiger partial charge in [-0.15, -0.1) is 0 Å². The van der Waals surface area contributed by atoms with Gasteiger partial charge < -0.3 is 15.3 Å². The summed E-state index contributed by atoms with van der Waals surface area (Å²) in [4.78, 5) is 14.5. The topological polar surface area (TPSA) is 52.6 Å². The van der Waals surface area contributed by atoms with Crippen molar-refractivity contribution >= 4 is 17.5 Å². The van der Waals surface area contributed by atoms with Crippen molar-refractivity contribution in [2.75, 3.05) is 19.6 Å². The summed E-state index contributed by atoms with van der Waals surface area (Å²) in [5.74, 6) is 0.165. The molecule has 1 unspecified atom stereocenters. The number of hydrogen-bond acceptors (Lipinski definition) is 3. The fraction of sp³-hybridized carbons (Fsp3) is 0.533. The highest BCUT2D eigenvalue weighted by atomic mass is 35.5. The fourth-order valence-corrected chi connectivity index (χ4v) is 2.69. The third-order valence-electron chi connectivity index (χ3n) is 3.80. The van der Waals surface area contributed by atoms with E-state index in [0.717, 1.165) is 19.5 Å². The number of nitrogens with zero attached hydrogens (tertiary/aromatic N) is 1. The Balaban J connectivity index is 1.88. The van der Waals surface area contributed by atoms with E-state index in [9.17, 15) is 9.90 Å². The summed E-state index contributed by atoms with van der Waals surface area (Å²) in [7, 11) is 0. The van der Waals surface area contributed by atoms with Crippen molar-refractivity contribution in [3.63, 3.8) is 0 Å². The Hall–Kier alpha value is -1.26. The first-order valence-electron chi connectivity index (χ1n) is 6.98. The Morgan fingerprint density at radius 1 is 1.55 bits per heavy atom. The van der Waals surface area contributed by atoms with Gasteiger partial charge in [-0.3, -0.25) is 4.79 Å². The van der Waals surface area contributed by atoms with Gasteiger partial charge in [-0.05, 0) is 50.9 Å². The van der Waals surface area contributed by atoms with Crippen molar-refractivity contribution in [2.24, 2.45) is 5.92 Å². The second kappa shape index (κ2) is 6.46. The molecular weight excluding hydrogens is 276 g/mol. The van der Waals surface area contributed by atoms with Crippen LogP contribution in [0.3, 0.4) is 0 Å². The summed E-state index contributed by atoms with van der Waals surface area (Å²) >= 11 is 5.84. The minimum Gasteiger partial charge on any atom is -0.507 e. The molecule has 4 nitrogen and oxygen atoms in total. The second-order valence-corrected chi connectivity index (χ2v) is 6.05. The number of hydrogen-bond donors (Lipinski definition) is 2. The molecule has 1 aliphatic rings. The van der Waals surface area contributed by atoms with E-state index in [1.165, 1.54) is 12.1 Å². The largest absolute Gasteiger partial charge is 0.507 e. The van der Waals surface area contributed by atoms with Gasteiger partial charge in [-0.2, -0.15) is 0 Å². The maximum atomic E-state index is 12.0. The monoisotopic (exact) mass is 296 g/mol. The summed E-state index contributed by atoms with van der Waals surface area (Å²) in [6.45, 7) is 7.10. The number of benzene rings is 1. The summed E-state index contributed by atoms with van der Waals surface area (Å²) in [6, 6.07) is 5.03. The summed E-state index contributed by atoms with van der Waals surface area (Å²) < 4.78 is 0. The minimum atomic E-state index is -0.270. The molecule has 2 N–H and O–H groups in total. The van der Waals surface area contributed by atoms with Crippen LogP contribution in [0.5, 0.6) is 5.75 Å². The molecule has 2 rings (SSSR count). The molecule has 1 aromatic carbocycles. The lowest BCUT2D eigenvalue weighted by molar-refractivity contribution is 0.0944. The number of likely N-dealkylation sites (tertiary alicyclic amines) is 1. The highest BCUT2D eigenvalue weighted by molar-refractivity contribution is 6.31. The number of halogens is 1. The Morgan fingerprint density at radius 3 is 2.95 bits per heavy atom. The predicted molar refractivity (Wildman–Crippen MR) is 80.3 cm³/mol. The fourth-order valence-electron chi connectivity index (χ4n) is 2.52. The molecule has 5 heteroatoms. The molecule has 1 aliphatic heterocycles. The number of nitrogens with one attached hydrogen (secondary N) is 1. The zero-order valence-corrected chi connectivity index (χ0v) is 12.7. The molecule has 1 atom stereocenters. The van der Waals surface area contributed by atoms with Crippen LogP contribution < -0.4 is 5.32 Å². The Kier molecular flexibility index (Phi) is 4.89. The average Bonchev–Trinajstić information content (AvgIpc) is 2.88. The molecule has 0 aromatic heterocycles. The van der Waals surface area contributed by atoms with Crippen LogP contribution in [0.25, 0.3) is 0 Å². The van der Waals surface area contributed by atoms with Gasteiger partial charge in [0.15, 0.2) is 0 Å². The summed E-state index contributed by atoms with van der Waals surface area (Å²) in [5, 5.41) is 13.0. The van der Waals surface area contributed by atoms with Crippen molar-refractivity contribution in [2.45, 2.75) is 26.3 Å². The van der Waals surface area contributed by atoms with E-state index in [4.69, 9.17) is 11.6 Å². The van der Waals surface area contributed by atoms with E-state index in [-0.39, 0.29) is 17.2 Å². The first kappa shape index (κ1) is 15.1. The van der Waals surface area contributed by atoms with Crippen LogP contribution >= 0.6 is 11.6 Å². The molecule has 110 valence electrons. The van der Waals surface area contributed by atoms with E-state index in [1.54, 1.807) is 6.07 Å². The lowest BCUT2D eigenvalue weighted by Crippen LogP contribution is -2.33.